The van der Waals surface area contributed by atoms with Gasteiger partial charge in [-0.3, -0.25) is 0 Å². The Bertz CT molecular complexity index is 512. The molecule has 0 saturated heterocycles. The highest BCUT2D eigenvalue weighted by Crippen LogP contribution is 2.10. The maximum atomic E-state index is 6.08. The molecular weight excluding hydrogens is 454 g/mol. The van der Waals surface area contributed by atoms with Gasteiger partial charge in [-0.05, 0) is 78.3 Å². The maximum Gasteiger partial charge on any atom is 0.170 e. The van der Waals surface area contributed by atoms with Crippen molar-refractivity contribution >= 4 is 0 Å². The van der Waals surface area contributed by atoms with Crippen molar-refractivity contribution in [1.29, 1.82) is 0 Å². The van der Waals surface area contributed by atoms with Crippen LogP contribution in [0.1, 0.15) is 142 Å². The minimum atomic E-state index is -0.0864. The van der Waals surface area contributed by atoms with E-state index in [-0.39, 0.29) is 6.29 Å². The van der Waals surface area contributed by atoms with Gasteiger partial charge in [-0.25, -0.2) is 0 Å². The van der Waals surface area contributed by atoms with Crippen LogP contribution in [0.4, 0.5) is 0 Å². The van der Waals surface area contributed by atoms with E-state index in [2.05, 4.69) is 69.3 Å². The minimum Gasteiger partial charge on any atom is -0.351 e. The summed E-state index contributed by atoms with van der Waals surface area (Å²) in [5, 5.41) is 0. The first-order valence-corrected chi connectivity index (χ1v) is 16.0. The summed E-state index contributed by atoms with van der Waals surface area (Å²) in [4.78, 5) is 2.16. The van der Waals surface area contributed by atoms with Gasteiger partial charge in [0.2, 0.25) is 0 Å². The molecule has 0 aromatic carbocycles. The number of ether oxygens (including phenoxy) is 2. The molecule has 0 rings (SSSR count). The fourth-order valence-corrected chi connectivity index (χ4v) is 4.27. The van der Waals surface area contributed by atoms with Gasteiger partial charge >= 0.3 is 0 Å². The van der Waals surface area contributed by atoms with Crippen molar-refractivity contribution in [2.45, 2.75) is 149 Å². The summed E-state index contributed by atoms with van der Waals surface area (Å²) in [7, 11) is 4.18. The van der Waals surface area contributed by atoms with Gasteiger partial charge in [0.1, 0.15) is 0 Å². The van der Waals surface area contributed by atoms with Gasteiger partial charge in [-0.1, -0.05) is 115 Å². The molecule has 0 aliphatic rings. The largest absolute Gasteiger partial charge is 0.351 e. The van der Waals surface area contributed by atoms with Crippen LogP contribution in [0.2, 0.25) is 0 Å². The van der Waals surface area contributed by atoms with Gasteiger partial charge in [-0.2, -0.15) is 0 Å². The number of rotatable bonds is 29. The van der Waals surface area contributed by atoms with Gasteiger partial charge in [0.25, 0.3) is 0 Å². The van der Waals surface area contributed by atoms with E-state index in [0.717, 1.165) is 39.0 Å². The predicted molar refractivity (Wildman–Crippen MR) is 165 cm³/mol. The lowest BCUT2D eigenvalue weighted by molar-refractivity contribution is -0.150. The molecule has 0 bridgehead atoms. The zero-order valence-corrected chi connectivity index (χ0v) is 25.6. The van der Waals surface area contributed by atoms with Gasteiger partial charge in [-0.15, -0.1) is 0 Å². The third-order valence-electron chi connectivity index (χ3n) is 6.60. The van der Waals surface area contributed by atoms with Crippen LogP contribution in [0.3, 0.4) is 0 Å². The highest BCUT2D eigenvalue weighted by Gasteiger charge is 2.10. The number of hydrogen-bond acceptors (Lipinski definition) is 3. The predicted octanol–water partition coefficient (Wildman–Crippen LogP) is 10.4. The molecule has 3 heteroatoms. The molecule has 218 valence electrons. The van der Waals surface area contributed by atoms with Crippen LogP contribution in [0.25, 0.3) is 0 Å². The zero-order chi connectivity index (χ0) is 27.1. The molecule has 0 aliphatic heterocycles. The molecule has 0 N–H and O–H groups in total. The van der Waals surface area contributed by atoms with Crippen molar-refractivity contribution in [1.82, 2.24) is 4.90 Å². The lowest BCUT2D eigenvalue weighted by atomic mass is 10.1. The summed E-state index contributed by atoms with van der Waals surface area (Å²) in [6.45, 7) is 6.97. The van der Waals surface area contributed by atoms with Crippen molar-refractivity contribution in [3.05, 3.63) is 36.5 Å². The van der Waals surface area contributed by atoms with Crippen molar-refractivity contribution < 1.29 is 9.47 Å². The summed E-state index contributed by atoms with van der Waals surface area (Å²) < 4.78 is 12.1. The van der Waals surface area contributed by atoms with Crippen LogP contribution in [0.15, 0.2) is 36.5 Å². The lowest BCUT2D eigenvalue weighted by Crippen LogP contribution is -2.31. The first-order valence-electron chi connectivity index (χ1n) is 16.0. The average Bonchev–Trinajstić information content (AvgIpc) is 2.88. The van der Waals surface area contributed by atoms with Crippen LogP contribution < -0.4 is 0 Å². The Morgan fingerprint density at radius 2 is 0.919 bits per heavy atom. The molecule has 0 aliphatic carbocycles. The lowest BCUT2D eigenvalue weighted by Gasteiger charge is -2.22. The van der Waals surface area contributed by atoms with E-state index in [4.69, 9.17) is 9.47 Å². The number of nitrogens with zero attached hydrogens (tertiary/aromatic N) is 1. The van der Waals surface area contributed by atoms with E-state index >= 15 is 0 Å². The van der Waals surface area contributed by atoms with E-state index in [0.29, 0.717) is 0 Å². The number of allylic oxidation sites excluding steroid dienone is 6. The van der Waals surface area contributed by atoms with E-state index in [1.165, 1.54) is 109 Å². The summed E-state index contributed by atoms with van der Waals surface area (Å²) in [5.74, 6) is 0. The first kappa shape index (κ1) is 36.1. The minimum absolute atomic E-state index is 0.0864. The summed E-state index contributed by atoms with van der Waals surface area (Å²) >= 11 is 0. The molecule has 1 atom stereocenters. The van der Waals surface area contributed by atoms with E-state index < -0.39 is 0 Å². The van der Waals surface area contributed by atoms with E-state index in [9.17, 15) is 0 Å². The van der Waals surface area contributed by atoms with Crippen molar-refractivity contribution in [3.8, 4) is 0 Å². The normalized spacial score (nSPS) is 13.2. The van der Waals surface area contributed by atoms with Crippen LogP contribution in [-0.4, -0.2) is 45.0 Å². The Balaban J connectivity index is 3.58. The molecule has 0 saturated carbocycles. The van der Waals surface area contributed by atoms with E-state index in [1.807, 2.05) is 0 Å². The van der Waals surface area contributed by atoms with Gasteiger partial charge in [0.05, 0.1) is 0 Å². The Morgan fingerprint density at radius 3 is 1.41 bits per heavy atom. The van der Waals surface area contributed by atoms with Gasteiger partial charge < -0.3 is 14.4 Å². The van der Waals surface area contributed by atoms with Crippen LogP contribution in [-0.2, 0) is 9.47 Å². The molecular formula is C34H65NO2. The molecule has 0 heterocycles. The Morgan fingerprint density at radius 1 is 0.486 bits per heavy atom. The fourth-order valence-electron chi connectivity index (χ4n) is 4.27. The van der Waals surface area contributed by atoms with Crippen LogP contribution in [0, 0.1) is 0 Å². The summed E-state index contributed by atoms with van der Waals surface area (Å²) in [6.07, 6.45) is 39.4. The van der Waals surface area contributed by atoms with E-state index in [1.54, 1.807) is 0 Å². The molecule has 37 heavy (non-hydrogen) atoms. The number of likely N-dealkylation sites (N-methyl/N-ethyl adjacent to an activating group) is 1. The molecule has 0 spiro atoms. The topological polar surface area (TPSA) is 21.7 Å². The molecule has 1 unspecified atom stereocenters. The molecule has 0 aromatic rings. The fraction of sp³-hybridized carbons (Fsp3) is 0.824. The monoisotopic (exact) mass is 520 g/mol. The third-order valence-corrected chi connectivity index (χ3v) is 6.60. The van der Waals surface area contributed by atoms with Crippen LogP contribution in [0.5, 0.6) is 0 Å². The molecule has 0 radical (unpaired) electrons. The quantitative estimate of drug-likeness (QED) is 0.0557. The van der Waals surface area contributed by atoms with Gasteiger partial charge in [0, 0.05) is 19.8 Å². The Hall–Kier alpha value is -0.900. The number of unbranched alkanes of at least 4 members (excludes halogenated alkanes) is 15. The highest BCUT2D eigenvalue weighted by molar-refractivity contribution is 4.92. The SMILES string of the molecule is CCC/C=C\CCCCCCCOC(CN(C)C)OCCCCCCCC/C=C\C/C=C\CCCCC. The third kappa shape index (κ3) is 31.2. The Kier molecular flexibility index (Phi) is 30.6. The number of hydrogen-bond donors (Lipinski definition) is 0. The van der Waals surface area contributed by atoms with Crippen LogP contribution >= 0.6 is 0 Å². The highest BCUT2D eigenvalue weighted by atomic mass is 16.7. The molecule has 0 aromatic heterocycles. The smallest absolute Gasteiger partial charge is 0.170 e. The van der Waals surface area contributed by atoms with Crippen molar-refractivity contribution in [3.63, 3.8) is 0 Å². The maximum absolute atomic E-state index is 6.08. The second-order valence-electron chi connectivity index (χ2n) is 10.8. The first-order chi connectivity index (χ1) is 18.2. The van der Waals surface area contributed by atoms with Crippen molar-refractivity contribution in [2.75, 3.05) is 33.9 Å². The molecule has 3 nitrogen and oxygen atoms in total. The molecule has 0 fully saturated rings. The zero-order valence-electron chi connectivity index (χ0n) is 25.6. The van der Waals surface area contributed by atoms with Gasteiger partial charge in [0.15, 0.2) is 6.29 Å². The van der Waals surface area contributed by atoms with Crippen molar-refractivity contribution in [2.24, 2.45) is 0 Å². The summed E-state index contributed by atoms with van der Waals surface area (Å²) in [6, 6.07) is 0. The summed E-state index contributed by atoms with van der Waals surface area (Å²) in [5.41, 5.74) is 0. The Labute approximate surface area is 233 Å². The second kappa shape index (κ2) is 31.3. The molecule has 0 amide bonds. The standard InChI is InChI=1S/C34H65NO2/c1-5-7-9-11-13-15-17-18-19-20-21-22-24-26-28-30-32-37-34(33-35(3)4)36-31-29-27-25-23-16-14-12-10-8-6-2/h10,12-13,15,18-19,34H,5-9,11,14,16-17,20-33H2,1-4H3/b12-10-,15-13-,19-18-. The average molecular weight is 520 g/mol. The second-order valence-corrected chi connectivity index (χ2v) is 10.8.